The summed E-state index contributed by atoms with van der Waals surface area (Å²) in [5, 5.41) is 14.1. The summed E-state index contributed by atoms with van der Waals surface area (Å²) in [7, 11) is 0. The maximum atomic E-state index is 12.5. The number of thiazole rings is 1. The zero-order chi connectivity index (χ0) is 20.8. The molecule has 5 aromatic rings. The topological polar surface area (TPSA) is 72.2 Å². The number of rotatable bonds is 4. The van der Waals surface area contributed by atoms with E-state index in [9.17, 15) is 4.79 Å². The number of benzene rings is 2. The highest BCUT2D eigenvalue weighted by Gasteiger charge is 2.15. The molecule has 0 unspecified atom stereocenters. The zero-order valence-electron chi connectivity index (χ0n) is 16.8. The molecule has 0 saturated carbocycles. The Morgan fingerprint density at radius 1 is 1.10 bits per heavy atom. The van der Waals surface area contributed by atoms with Crippen LogP contribution in [0.15, 0.2) is 47.6 Å². The second kappa shape index (κ2) is 7.37. The second-order valence-electron chi connectivity index (χ2n) is 7.31. The molecule has 0 bridgehead atoms. The molecule has 3 heterocycles. The predicted molar refractivity (Wildman–Crippen MR) is 124 cm³/mol. The van der Waals surface area contributed by atoms with Crippen molar-refractivity contribution in [2.24, 2.45) is 0 Å². The van der Waals surface area contributed by atoms with E-state index in [2.05, 4.69) is 53.4 Å². The van der Waals surface area contributed by atoms with Crippen molar-refractivity contribution in [2.45, 2.75) is 25.9 Å². The number of hydrogen-bond acceptors (Lipinski definition) is 6. The lowest BCUT2D eigenvalue weighted by Gasteiger charge is -2.11. The van der Waals surface area contributed by atoms with E-state index in [1.54, 1.807) is 0 Å². The Labute approximate surface area is 181 Å². The Morgan fingerprint density at radius 3 is 2.77 bits per heavy atom. The highest BCUT2D eigenvalue weighted by Crippen LogP contribution is 2.29. The monoisotopic (exact) mass is 433 g/mol. The SMILES string of the molecule is Cc1cc(C)c2c(c1)c(C)cc1nnc(SCC(=O)Nc3nc4ccccc4s3)n12. The van der Waals surface area contributed by atoms with Crippen molar-refractivity contribution in [3.05, 3.63) is 59.2 Å². The van der Waals surface area contributed by atoms with Gasteiger partial charge in [0.15, 0.2) is 15.9 Å². The fraction of sp³-hybridized carbons (Fsp3) is 0.182. The van der Waals surface area contributed by atoms with E-state index in [1.165, 1.54) is 45.2 Å². The molecule has 0 spiro atoms. The Morgan fingerprint density at radius 2 is 1.93 bits per heavy atom. The lowest BCUT2D eigenvalue weighted by atomic mass is 10.0. The lowest BCUT2D eigenvalue weighted by Crippen LogP contribution is -2.14. The van der Waals surface area contributed by atoms with Gasteiger partial charge in [0.2, 0.25) is 5.91 Å². The first-order valence-electron chi connectivity index (χ1n) is 9.53. The highest BCUT2D eigenvalue weighted by atomic mass is 32.2. The Bertz CT molecular complexity index is 1400. The molecule has 1 N–H and O–H groups in total. The molecule has 0 atom stereocenters. The summed E-state index contributed by atoms with van der Waals surface area (Å²) in [6.45, 7) is 6.29. The number of amides is 1. The largest absolute Gasteiger partial charge is 0.301 e. The molecule has 0 aliphatic carbocycles. The van der Waals surface area contributed by atoms with Crippen LogP contribution in [0.1, 0.15) is 16.7 Å². The molecule has 6 nitrogen and oxygen atoms in total. The first-order valence-corrected chi connectivity index (χ1v) is 11.3. The quantitative estimate of drug-likeness (QED) is 0.397. The molecule has 0 fully saturated rings. The molecule has 1 amide bonds. The summed E-state index contributed by atoms with van der Waals surface area (Å²) in [5.41, 5.74) is 6.33. The Hall–Kier alpha value is -2.97. The normalized spacial score (nSPS) is 11.6. The maximum Gasteiger partial charge on any atom is 0.236 e. The van der Waals surface area contributed by atoms with Crippen molar-refractivity contribution in [1.29, 1.82) is 0 Å². The van der Waals surface area contributed by atoms with Gasteiger partial charge in [-0.2, -0.15) is 0 Å². The molecule has 0 aliphatic heterocycles. The van der Waals surface area contributed by atoms with Crippen molar-refractivity contribution in [3.8, 4) is 0 Å². The van der Waals surface area contributed by atoms with Crippen molar-refractivity contribution in [2.75, 3.05) is 11.1 Å². The summed E-state index contributed by atoms with van der Waals surface area (Å²) < 4.78 is 3.10. The van der Waals surface area contributed by atoms with Gasteiger partial charge in [-0.25, -0.2) is 4.98 Å². The molecule has 2 aromatic carbocycles. The summed E-state index contributed by atoms with van der Waals surface area (Å²) in [6.07, 6.45) is 0. The van der Waals surface area contributed by atoms with Gasteiger partial charge in [0, 0.05) is 5.39 Å². The van der Waals surface area contributed by atoms with Gasteiger partial charge < -0.3 is 5.32 Å². The van der Waals surface area contributed by atoms with Crippen molar-refractivity contribution in [3.63, 3.8) is 0 Å². The van der Waals surface area contributed by atoms with Gasteiger partial charge in [0.05, 0.1) is 21.5 Å². The van der Waals surface area contributed by atoms with Gasteiger partial charge in [0.1, 0.15) is 0 Å². The molecule has 5 rings (SSSR count). The first kappa shape index (κ1) is 19.0. The summed E-state index contributed by atoms with van der Waals surface area (Å²) in [4.78, 5) is 17.0. The van der Waals surface area contributed by atoms with Crippen molar-refractivity contribution < 1.29 is 4.79 Å². The van der Waals surface area contributed by atoms with Gasteiger partial charge in [-0.1, -0.05) is 46.9 Å². The molecule has 8 heteroatoms. The first-order chi connectivity index (χ1) is 14.5. The van der Waals surface area contributed by atoms with Crippen LogP contribution in [-0.4, -0.2) is 31.2 Å². The fourth-order valence-corrected chi connectivity index (χ4v) is 5.35. The number of hydrogen-bond donors (Lipinski definition) is 1. The molecule has 150 valence electrons. The molecular formula is C22H19N5OS2. The van der Waals surface area contributed by atoms with Crippen LogP contribution in [0.25, 0.3) is 26.8 Å². The second-order valence-corrected chi connectivity index (χ2v) is 9.28. The third-order valence-electron chi connectivity index (χ3n) is 4.97. The van der Waals surface area contributed by atoms with Crippen LogP contribution in [0.2, 0.25) is 0 Å². The van der Waals surface area contributed by atoms with Gasteiger partial charge in [0.25, 0.3) is 0 Å². The van der Waals surface area contributed by atoms with Crippen LogP contribution < -0.4 is 5.32 Å². The fourth-order valence-electron chi connectivity index (χ4n) is 3.72. The van der Waals surface area contributed by atoms with Gasteiger partial charge in [-0.15, -0.1) is 10.2 Å². The van der Waals surface area contributed by atoms with Crippen LogP contribution in [0.3, 0.4) is 0 Å². The van der Waals surface area contributed by atoms with Gasteiger partial charge >= 0.3 is 0 Å². The van der Waals surface area contributed by atoms with Crippen LogP contribution in [0.4, 0.5) is 5.13 Å². The minimum atomic E-state index is -0.111. The zero-order valence-corrected chi connectivity index (χ0v) is 18.4. The average molecular weight is 434 g/mol. The number of para-hydroxylation sites is 1. The molecule has 0 aliphatic rings. The van der Waals surface area contributed by atoms with E-state index in [1.807, 2.05) is 34.7 Å². The van der Waals surface area contributed by atoms with Crippen LogP contribution >= 0.6 is 23.1 Å². The average Bonchev–Trinajstić information content (AvgIpc) is 3.29. The predicted octanol–water partition coefficient (Wildman–Crippen LogP) is 5.15. The Balaban J connectivity index is 1.42. The number of thioether (sulfide) groups is 1. The van der Waals surface area contributed by atoms with E-state index >= 15 is 0 Å². The number of carbonyl (C=O) groups excluding carboxylic acids is 1. The number of aryl methyl sites for hydroxylation is 3. The number of nitrogens with one attached hydrogen (secondary N) is 1. The molecule has 0 saturated heterocycles. The highest BCUT2D eigenvalue weighted by molar-refractivity contribution is 7.99. The minimum absolute atomic E-state index is 0.111. The van der Waals surface area contributed by atoms with E-state index < -0.39 is 0 Å². The van der Waals surface area contributed by atoms with Crippen molar-refractivity contribution >= 4 is 60.9 Å². The number of pyridine rings is 1. The van der Waals surface area contributed by atoms with Crippen molar-refractivity contribution in [1.82, 2.24) is 19.6 Å². The molecule has 30 heavy (non-hydrogen) atoms. The van der Waals surface area contributed by atoms with E-state index in [-0.39, 0.29) is 11.7 Å². The maximum absolute atomic E-state index is 12.5. The standard InChI is InChI=1S/C22H19N5OS2/c1-12-8-14(3)20-15(9-12)13(2)10-18-25-26-22(27(18)20)29-11-19(28)24-21-23-16-6-4-5-7-17(16)30-21/h4-10H,11H2,1-3H3,(H,23,24,28). The minimum Gasteiger partial charge on any atom is -0.301 e. The molecular weight excluding hydrogens is 414 g/mol. The van der Waals surface area contributed by atoms with E-state index in [0.29, 0.717) is 10.3 Å². The number of nitrogens with zero attached hydrogens (tertiary/aromatic N) is 4. The number of carbonyl (C=O) groups is 1. The number of aromatic nitrogens is 4. The molecule has 3 aromatic heterocycles. The Kier molecular flexibility index (Phi) is 4.67. The third-order valence-corrected chi connectivity index (χ3v) is 6.85. The van der Waals surface area contributed by atoms with Crippen LogP contribution in [0, 0.1) is 20.8 Å². The summed E-state index contributed by atoms with van der Waals surface area (Å²) in [6, 6.07) is 14.2. The lowest BCUT2D eigenvalue weighted by molar-refractivity contribution is -0.113. The van der Waals surface area contributed by atoms with Gasteiger partial charge in [-0.05, 0) is 56.2 Å². The van der Waals surface area contributed by atoms with E-state index in [0.717, 1.165) is 21.4 Å². The van der Waals surface area contributed by atoms with Crippen LogP contribution in [-0.2, 0) is 4.79 Å². The smallest absolute Gasteiger partial charge is 0.236 e. The van der Waals surface area contributed by atoms with Crippen LogP contribution in [0.5, 0.6) is 0 Å². The molecule has 0 radical (unpaired) electrons. The van der Waals surface area contributed by atoms with E-state index in [4.69, 9.17) is 0 Å². The third kappa shape index (κ3) is 3.32. The summed E-state index contributed by atoms with van der Waals surface area (Å²) >= 11 is 2.85. The summed E-state index contributed by atoms with van der Waals surface area (Å²) in [5.74, 6) is 0.122. The number of anilines is 1. The van der Waals surface area contributed by atoms with Gasteiger partial charge in [-0.3, -0.25) is 9.20 Å². The number of fused-ring (bicyclic) bond motifs is 4.